The molecular weight excluding hydrogens is 1020 g/mol. The normalized spacial score (nSPS) is 14.0. The molecule has 0 fully saturated rings. The highest BCUT2D eigenvalue weighted by molar-refractivity contribution is 7.47. The number of carbonyl (C=O) groups is 3. The average molecular weight is 1140 g/mol. The number of esters is 3. The molecule has 0 aliphatic heterocycles. The lowest BCUT2D eigenvalue weighted by molar-refractivity contribution is -0.161. The summed E-state index contributed by atoms with van der Waals surface area (Å²) >= 11 is 0. The number of rotatable bonds is 58. The number of allylic oxidation sites excluding steroid dienone is 18. The number of hydrogen-bond donors (Lipinski definition) is 2. The Morgan fingerprint density at radius 1 is 0.362 bits per heavy atom. The first-order valence-electron chi connectivity index (χ1n) is 31.8. The molecule has 0 aromatic rings. The van der Waals surface area contributed by atoms with Gasteiger partial charge in [-0.1, -0.05) is 239 Å². The number of carbonyl (C=O) groups excluding carboxylic acids is 3. The van der Waals surface area contributed by atoms with Crippen LogP contribution < -0.4 is 0 Å². The molecule has 2 N–H and O–H groups in total. The van der Waals surface area contributed by atoms with E-state index in [0.717, 1.165) is 116 Å². The Morgan fingerprint density at radius 2 is 0.675 bits per heavy atom. The largest absolute Gasteiger partial charge is 0.472 e. The van der Waals surface area contributed by atoms with Gasteiger partial charge in [-0.05, 0) is 116 Å². The molecule has 3 unspecified atom stereocenters. The number of aliphatic hydroxyl groups excluding tert-OH is 1. The van der Waals surface area contributed by atoms with Crippen LogP contribution in [-0.2, 0) is 42.2 Å². The van der Waals surface area contributed by atoms with Crippen LogP contribution in [0, 0.1) is 0 Å². The van der Waals surface area contributed by atoms with E-state index >= 15 is 0 Å². The smallest absolute Gasteiger partial charge is 0.462 e. The molecule has 0 spiro atoms. The second-order valence-corrected chi connectivity index (χ2v) is 22.3. The van der Waals surface area contributed by atoms with Crippen LogP contribution in [0.1, 0.15) is 265 Å². The molecular formula is C68H115O11P. The van der Waals surface area contributed by atoms with Crippen molar-refractivity contribution in [2.45, 2.75) is 277 Å². The molecule has 0 bridgehead atoms. The third-order valence-corrected chi connectivity index (χ3v) is 14.1. The fourth-order valence-electron chi connectivity index (χ4n) is 8.35. The van der Waals surface area contributed by atoms with Crippen molar-refractivity contribution in [3.05, 3.63) is 109 Å². The molecule has 0 aromatic carbocycles. The van der Waals surface area contributed by atoms with Crippen molar-refractivity contribution in [1.29, 1.82) is 0 Å². The van der Waals surface area contributed by atoms with E-state index in [9.17, 15) is 28.9 Å². The van der Waals surface area contributed by atoms with E-state index in [0.29, 0.717) is 19.3 Å². The van der Waals surface area contributed by atoms with Crippen LogP contribution in [0.25, 0.3) is 0 Å². The fourth-order valence-corrected chi connectivity index (χ4v) is 9.13. The lowest BCUT2D eigenvalue weighted by Crippen LogP contribution is -2.30. The third kappa shape index (κ3) is 58.8. The van der Waals surface area contributed by atoms with E-state index in [-0.39, 0.29) is 25.9 Å². The number of hydrogen-bond acceptors (Lipinski definition) is 10. The lowest BCUT2D eigenvalue weighted by atomic mass is 10.1. The summed E-state index contributed by atoms with van der Waals surface area (Å²) in [5, 5.41) is 9.84. The van der Waals surface area contributed by atoms with Gasteiger partial charge in [0.25, 0.3) is 0 Å². The topological polar surface area (TPSA) is 155 Å². The van der Waals surface area contributed by atoms with Gasteiger partial charge in [-0.25, -0.2) is 4.57 Å². The van der Waals surface area contributed by atoms with Crippen molar-refractivity contribution in [1.82, 2.24) is 0 Å². The van der Waals surface area contributed by atoms with E-state index in [1.165, 1.54) is 89.9 Å². The van der Waals surface area contributed by atoms with E-state index in [1.807, 2.05) is 12.2 Å². The minimum Gasteiger partial charge on any atom is -0.462 e. The van der Waals surface area contributed by atoms with Crippen molar-refractivity contribution in [3.8, 4) is 0 Å². The summed E-state index contributed by atoms with van der Waals surface area (Å²) < 4.78 is 39.6. The third-order valence-electron chi connectivity index (χ3n) is 13.2. The SMILES string of the molecule is CC/C=C\C/C=C\C/C=C\C/C=C\C/C=C\C/C=C\CCC(=O)OCC(COP(=O)(O)OCC(CO)OC(=O)CCCCCCC/C=C\CCCCCCCC)OC(=O)CCCCCCCCCCC/C=C\C/C=C\CCCCC. The number of ether oxygens (including phenoxy) is 3. The Kier molecular flexibility index (Phi) is 58.3. The van der Waals surface area contributed by atoms with Crippen LogP contribution >= 0.6 is 7.82 Å². The number of phosphoric acid groups is 1. The highest BCUT2D eigenvalue weighted by Gasteiger charge is 2.28. The maximum atomic E-state index is 13.0. The molecule has 11 nitrogen and oxygen atoms in total. The van der Waals surface area contributed by atoms with Gasteiger partial charge in [-0.3, -0.25) is 23.4 Å². The molecule has 12 heteroatoms. The molecule has 3 atom stereocenters. The number of unbranched alkanes of at least 4 members (excludes halogenated alkanes) is 23. The van der Waals surface area contributed by atoms with Gasteiger partial charge in [0.2, 0.25) is 0 Å². The molecule has 0 radical (unpaired) electrons. The van der Waals surface area contributed by atoms with Crippen LogP contribution in [0.2, 0.25) is 0 Å². The van der Waals surface area contributed by atoms with Gasteiger partial charge in [-0.2, -0.15) is 0 Å². The summed E-state index contributed by atoms with van der Waals surface area (Å²) in [5.41, 5.74) is 0. The first-order chi connectivity index (χ1) is 39.2. The number of aliphatic hydroxyl groups is 1. The Hall–Kier alpha value is -3.86. The predicted molar refractivity (Wildman–Crippen MR) is 334 cm³/mol. The van der Waals surface area contributed by atoms with Gasteiger partial charge in [0.1, 0.15) is 12.7 Å². The van der Waals surface area contributed by atoms with Gasteiger partial charge >= 0.3 is 25.7 Å². The highest BCUT2D eigenvalue weighted by atomic mass is 31.2. The Bertz CT molecular complexity index is 1760. The van der Waals surface area contributed by atoms with E-state index in [1.54, 1.807) is 0 Å². The highest BCUT2D eigenvalue weighted by Crippen LogP contribution is 2.43. The van der Waals surface area contributed by atoms with Gasteiger partial charge in [0.15, 0.2) is 6.10 Å². The van der Waals surface area contributed by atoms with Crippen LogP contribution in [0.15, 0.2) is 109 Å². The van der Waals surface area contributed by atoms with Crippen molar-refractivity contribution >= 4 is 25.7 Å². The average Bonchev–Trinajstić information content (AvgIpc) is 3.45. The minimum absolute atomic E-state index is 0.0958. The van der Waals surface area contributed by atoms with Crippen molar-refractivity contribution in [2.75, 3.05) is 26.4 Å². The summed E-state index contributed by atoms with van der Waals surface area (Å²) in [6, 6.07) is 0. The summed E-state index contributed by atoms with van der Waals surface area (Å²) in [6.45, 7) is 4.42. The molecule has 0 heterocycles. The molecule has 0 amide bonds. The monoisotopic (exact) mass is 1140 g/mol. The van der Waals surface area contributed by atoms with Gasteiger partial charge in [0, 0.05) is 19.3 Å². The van der Waals surface area contributed by atoms with Crippen LogP contribution in [0.5, 0.6) is 0 Å². The lowest BCUT2D eigenvalue weighted by Gasteiger charge is -2.21. The minimum atomic E-state index is -4.78. The molecule has 0 aromatic heterocycles. The van der Waals surface area contributed by atoms with E-state index < -0.39 is 57.8 Å². The second-order valence-electron chi connectivity index (χ2n) is 20.8. The zero-order valence-electron chi connectivity index (χ0n) is 50.8. The van der Waals surface area contributed by atoms with Gasteiger partial charge in [0.05, 0.1) is 19.8 Å². The zero-order chi connectivity index (χ0) is 58.3. The van der Waals surface area contributed by atoms with Crippen molar-refractivity contribution in [2.24, 2.45) is 0 Å². The molecule has 458 valence electrons. The van der Waals surface area contributed by atoms with Crippen molar-refractivity contribution < 1.29 is 52.2 Å². The molecule has 80 heavy (non-hydrogen) atoms. The summed E-state index contributed by atoms with van der Waals surface area (Å²) in [6.07, 6.45) is 74.8. The molecule has 0 saturated heterocycles. The molecule has 0 saturated carbocycles. The van der Waals surface area contributed by atoms with Crippen LogP contribution in [0.4, 0.5) is 0 Å². The first kappa shape index (κ1) is 76.1. The molecule has 0 aliphatic rings. The second kappa shape index (κ2) is 61.2. The maximum absolute atomic E-state index is 13.0. The molecule has 0 rings (SSSR count). The summed E-state index contributed by atoms with van der Waals surface area (Å²) in [7, 11) is -4.78. The predicted octanol–water partition coefficient (Wildman–Crippen LogP) is 19.4. The number of phosphoric ester groups is 1. The maximum Gasteiger partial charge on any atom is 0.472 e. The van der Waals surface area contributed by atoms with Gasteiger partial charge < -0.3 is 24.2 Å². The molecule has 0 aliphatic carbocycles. The Labute approximate surface area is 488 Å². The van der Waals surface area contributed by atoms with Gasteiger partial charge in [-0.15, -0.1) is 0 Å². The first-order valence-corrected chi connectivity index (χ1v) is 33.3. The van der Waals surface area contributed by atoms with E-state index in [4.69, 9.17) is 23.3 Å². The Morgan fingerprint density at radius 3 is 1.09 bits per heavy atom. The fraction of sp³-hybridized carbons (Fsp3) is 0.691. The van der Waals surface area contributed by atoms with Crippen LogP contribution in [-0.4, -0.2) is 66.5 Å². The zero-order valence-corrected chi connectivity index (χ0v) is 51.7. The van der Waals surface area contributed by atoms with Crippen LogP contribution in [0.3, 0.4) is 0 Å². The quantitative estimate of drug-likeness (QED) is 0.0197. The van der Waals surface area contributed by atoms with E-state index in [2.05, 4.69) is 118 Å². The standard InChI is InChI=1S/C68H115O11P/c1-4-7-10-13-16-19-22-25-28-30-32-34-37-39-42-45-48-51-54-57-66(70)75-61-65(79-68(72)59-56-53-50-47-44-41-38-35-33-31-29-26-23-20-17-14-11-8-5-2)63-77-80(73,74)76-62-64(60-69)78-67(71)58-55-52-49-46-43-40-36-27-24-21-18-15-12-9-6-3/h7,10,16-17,19-20,25-29,32,34,36,39,42,48,51,64-65,69H,4-6,8-9,11-15,18,21-24,30-31,33,35,37-38,40-41,43-47,49-50,52-63H2,1-3H3,(H,73,74)/b10-7-,19-16-,20-17-,28-25-,29-26-,34-32-,36-27-,42-39-,51-48-. The summed E-state index contributed by atoms with van der Waals surface area (Å²) in [5.74, 6) is -1.58. The summed E-state index contributed by atoms with van der Waals surface area (Å²) in [4.78, 5) is 48.7. The Balaban J connectivity index is 4.83. The van der Waals surface area contributed by atoms with Crippen molar-refractivity contribution in [3.63, 3.8) is 0 Å².